The highest BCUT2D eigenvalue weighted by Crippen LogP contribution is 2.26. The summed E-state index contributed by atoms with van der Waals surface area (Å²) in [5, 5.41) is 4.00. The van der Waals surface area contributed by atoms with Crippen LogP contribution >= 0.6 is 0 Å². The first kappa shape index (κ1) is 17.0. The van der Waals surface area contributed by atoms with Gasteiger partial charge in [-0.05, 0) is 27.2 Å². The monoisotopic (exact) mass is 302 g/mol. The molecule has 0 fully saturated rings. The molecule has 0 aliphatic heterocycles. The van der Waals surface area contributed by atoms with Crippen molar-refractivity contribution in [2.24, 2.45) is 7.05 Å². The Labute approximate surface area is 122 Å². The number of aromatic nitrogens is 2. The van der Waals surface area contributed by atoms with Gasteiger partial charge in [-0.2, -0.15) is 9.40 Å². The Hall–Kier alpha value is -1.08. The van der Waals surface area contributed by atoms with Crippen molar-refractivity contribution in [3.05, 3.63) is 5.69 Å². The third-order valence-electron chi connectivity index (χ3n) is 3.43. The largest absolute Gasteiger partial charge is 0.381 e. The van der Waals surface area contributed by atoms with Gasteiger partial charge in [0.05, 0.1) is 5.69 Å². The molecule has 1 rings (SSSR count). The Morgan fingerprint density at radius 1 is 1.35 bits per heavy atom. The number of hydrogen-bond donors (Lipinski definition) is 1. The standard InChI is InChI=1S/C13H26N4O2S/c1-6-7-8-9-17(10(2)3)20(18,19)12-11(4)16(5)15-13(12)14/h10H,6-9H2,1-5H3,(H2,14,15). The highest BCUT2D eigenvalue weighted by Gasteiger charge is 2.32. The lowest BCUT2D eigenvalue weighted by atomic mass is 10.2. The van der Waals surface area contributed by atoms with Crippen molar-refractivity contribution in [2.75, 3.05) is 12.3 Å². The van der Waals surface area contributed by atoms with E-state index in [0.29, 0.717) is 12.2 Å². The van der Waals surface area contributed by atoms with Gasteiger partial charge in [-0.3, -0.25) is 4.68 Å². The van der Waals surface area contributed by atoms with Gasteiger partial charge >= 0.3 is 0 Å². The second-order valence-electron chi connectivity index (χ2n) is 5.34. The number of sulfonamides is 1. The maximum absolute atomic E-state index is 12.8. The summed E-state index contributed by atoms with van der Waals surface area (Å²) in [5.41, 5.74) is 6.36. The molecule has 0 amide bonds. The average molecular weight is 302 g/mol. The fourth-order valence-corrected chi connectivity index (χ4v) is 4.19. The Bertz CT molecular complexity index is 549. The minimum Gasteiger partial charge on any atom is -0.381 e. The quantitative estimate of drug-likeness (QED) is 0.780. The van der Waals surface area contributed by atoms with Crippen molar-refractivity contribution < 1.29 is 8.42 Å². The third-order valence-corrected chi connectivity index (χ3v) is 5.67. The molecule has 0 atom stereocenters. The number of aryl methyl sites for hydroxylation is 1. The Kier molecular flexibility index (Phi) is 5.59. The summed E-state index contributed by atoms with van der Waals surface area (Å²) < 4.78 is 28.7. The SMILES string of the molecule is CCCCCN(C(C)C)S(=O)(=O)c1c(N)nn(C)c1C. The van der Waals surface area contributed by atoms with Crippen LogP contribution in [0.4, 0.5) is 5.82 Å². The molecule has 7 heteroatoms. The first-order chi connectivity index (χ1) is 9.23. The van der Waals surface area contributed by atoms with E-state index in [1.807, 2.05) is 13.8 Å². The van der Waals surface area contributed by atoms with E-state index in [4.69, 9.17) is 5.73 Å². The lowest BCUT2D eigenvalue weighted by Crippen LogP contribution is -2.38. The molecule has 0 aliphatic carbocycles. The zero-order chi connectivity index (χ0) is 15.5. The van der Waals surface area contributed by atoms with E-state index < -0.39 is 10.0 Å². The van der Waals surface area contributed by atoms with Gasteiger partial charge in [0.1, 0.15) is 4.90 Å². The van der Waals surface area contributed by atoms with Gasteiger partial charge < -0.3 is 5.73 Å². The van der Waals surface area contributed by atoms with E-state index >= 15 is 0 Å². The molecule has 1 heterocycles. The molecule has 0 aliphatic rings. The molecule has 0 saturated carbocycles. The molecule has 2 N–H and O–H groups in total. The molecule has 0 bridgehead atoms. The number of rotatable bonds is 7. The van der Waals surface area contributed by atoms with E-state index in [9.17, 15) is 8.42 Å². The molecular formula is C13H26N4O2S. The van der Waals surface area contributed by atoms with Gasteiger partial charge in [0.15, 0.2) is 5.82 Å². The molecule has 1 aromatic heterocycles. The zero-order valence-electron chi connectivity index (χ0n) is 13.0. The van der Waals surface area contributed by atoms with Crippen LogP contribution in [0.15, 0.2) is 4.90 Å². The molecule has 116 valence electrons. The number of unbranched alkanes of at least 4 members (excludes halogenated alkanes) is 2. The number of anilines is 1. The molecule has 0 unspecified atom stereocenters. The number of nitrogen functional groups attached to an aromatic ring is 1. The Morgan fingerprint density at radius 2 is 1.95 bits per heavy atom. The number of nitrogens with zero attached hydrogens (tertiary/aromatic N) is 3. The molecule has 20 heavy (non-hydrogen) atoms. The Morgan fingerprint density at radius 3 is 2.35 bits per heavy atom. The second-order valence-corrected chi connectivity index (χ2v) is 7.17. The molecule has 0 saturated heterocycles. The van der Waals surface area contributed by atoms with Crippen LogP contribution in [0, 0.1) is 6.92 Å². The van der Waals surface area contributed by atoms with Gasteiger partial charge in [0.2, 0.25) is 10.0 Å². The average Bonchev–Trinajstić information content (AvgIpc) is 2.58. The van der Waals surface area contributed by atoms with Crippen molar-refractivity contribution >= 4 is 15.8 Å². The maximum atomic E-state index is 12.8. The number of hydrogen-bond acceptors (Lipinski definition) is 4. The first-order valence-corrected chi connectivity index (χ1v) is 8.48. The van der Waals surface area contributed by atoms with E-state index in [-0.39, 0.29) is 16.8 Å². The van der Waals surface area contributed by atoms with Crippen LogP contribution in [-0.4, -0.2) is 35.1 Å². The Balaban J connectivity index is 3.16. The topological polar surface area (TPSA) is 81.2 Å². The fraction of sp³-hybridized carbons (Fsp3) is 0.769. The van der Waals surface area contributed by atoms with E-state index in [2.05, 4.69) is 12.0 Å². The number of nitrogens with two attached hydrogens (primary N) is 1. The smallest absolute Gasteiger partial charge is 0.248 e. The van der Waals surface area contributed by atoms with Crippen LogP contribution in [0.3, 0.4) is 0 Å². The van der Waals surface area contributed by atoms with Crippen molar-refractivity contribution in [3.63, 3.8) is 0 Å². The first-order valence-electron chi connectivity index (χ1n) is 7.04. The molecule has 6 nitrogen and oxygen atoms in total. The predicted octanol–water partition coefficient (Wildman–Crippen LogP) is 1.90. The van der Waals surface area contributed by atoms with Crippen LogP contribution in [0.25, 0.3) is 0 Å². The van der Waals surface area contributed by atoms with Crippen LogP contribution < -0.4 is 5.73 Å². The van der Waals surface area contributed by atoms with Crippen LogP contribution in [0.2, 0.25) is 0 Å². The van der Waals surface area contributed by atoms with Crippen molar-refractivity contribution in [3.8, 4) is 0 Å². The van der Waals surface area contributed by atoms with E-state index in [1.54, 1.807) is 14.0 Å². The summed E-state index contributed by atoms with van der Waals surface area (Å²) in [6, 6.07) is -0.101. The summed E-state index contributed by atoms with van der Waals surface area (Å²) in [6.07, 6.45) is 2.92. The summed E-state index contributed by atoms with van der Waals surface area (Å²) in [4.78, 5) is 0.144. The summed E-state index contributed by atoms with van der Waals surface area (Å²) in [7, 11) is -1.90. The summed E-state index contributed by atoms with van der Waals surface area (Å²) >= 11 is 0. The maximum Gasteiger partial charge on any atom is 0.248 e. The van der Waals surface area contributed by atoms with Gasteiger partial charge in [-0.1, -0.05) is 19.8 Å². The van der Waals surface area contributed by atoms with Crippen LogP contribution in [-0.2, 0) is 17.1 Å². The molecular weight excluding hydrogens is 276 g/mol. The summed E-state index contributed by atoms with van der Waals surface area (Å²) in [6.45, 7) is 8.09. The normalized spacial score (nSPS) is 12.6. The van der Waals surface area contributed by atoms with Crippen molar-refractivity contribution in [2.45, 2.75) is 57.9 Å². The minimum atomic E-state index is -3.60. The molecule has 1 aromatic rings. The molecule has 0 aromatic carbocycles. The highest BCUT2D eigenvalue weighted by molar-refractivity contribution is 7.89. The lowest BCUT2D eigenvalue weighted by molar-refractivity contribution is 0.345. The highest BCUT2D eigenvalue weighted by atomic mass is 32.2. The van der Waals surface area contributed by atoms with Crippen LogP contribution in [0.1, 0.15) is 45.7 Å². The van der Waals surface area contributed by atoms with Gasteiger partial charge in [0, 0.05) is 19.6 Å². The van der Waals surface area contributed by atoms with Crippen molar-refractivity contribution in [1.82, 2.24) is 14.1 Å². The molecule has 0 spiro atoms. The van der Waals surface area contributed by atoms with Gasteiger partial charge in [-0.15, -0.1) is 0 Å². The zero-order valence-corrected chi connectivity index (χ0v) is 13.9. The minimum absolute atomic E-state index is 0.0751. The van der Waals surface area contributed by atoms with E-state index in [0.717, 1.165) is 19.3 Å². The second kappa shape index (κ2) is 6.58. The summed E-state index contributed by atoms with van der Waals surface area (Å²) in [5.74, 6) is 0.0751. The predicted molar refractivity (Wildman–Crippen MR) is 80.9 cm³/mol. The van der Waals surface area contributed by atoms with Gasteiger partial charge in [-0.25, -0.2) is 8.42 Å². The lowest BCUT2D eigenvalue weighted by Gasteiger charge is -2.25. The fourth-order valence-electron chi connectivity index (χ4n) is 2.22. The van der Waals surface area contributed by atoms with Crippen molar-refractivity contribution in [1.29, 1.82) is 0 Å². The third kappa shape index (κ3) is 3.32. The molecule has 0 radical (unpaired) electrons. The van der Waals surface area contributed by atoms with Crippen LogP contribution in [0.5, 0.6) is 0 Å². The van der Waals surface area contributed by atoms with E-state index in [1.165, 1.54) is 8.99 Å². The van der Waals surface area contributed by atoms with Gasteiger partial charge in [0.25, 0.3) is 0 Å².